The molecule has 10 heteroatoms. The average Bonchev–Trinajstić information content (AvgIpc) is 2.94. The van der Waals surface area contributed by atoms with E-state index < -0.39 is 10.0 Å². The second kappa shape index (κ2) is 7.10. The van der Waals surface area contributed by atoms with E-state index >= 15 is 0 Å². The first-order valence-corrected chi connectivity index (χ1v) is 10.0. The highest BCUT2D eigenvalue weighted by atomic mass is 35.5. The molecule has 0 aliphatic carbocycles. The summed E-state index contributed by atoms with van der Waals surface area (Å²) in [5.74, 6) is -0.162. The number of carbonyl (C=O) groups excluding carboxylic acids is 1. The van der Waals surface area contributed by atoms with E-state index in [4.69, 9.17) is 16.3 Å². The minimum Gasteiger partial charge on any atom is -0.495 e. The first-order chi connectivity index (χ1) is 12.3. The number of nitrogens with zero attached hydrogens (tertiary/aromatic N) is 1. The molecule has 0 radical (unpaired) electrons. The van der Waals surface area contributed by atoms with Gasteiger partial charge in [-0.25, -0.2) is 13.4 Å². The third-order valence-corrected chi connectivity index (χ3v) is 6.00. The van der Waals surface area contributed by atoms with Gasteiger partial charge in [0.1, 0.15) is 10.6 Å². The van der Waals surface area contributed by atoms with Gasteiger partial charge in [0.25, 0.3) is 10.0 Å². The zero-order valence-electron chi connectivity index (χ0n) is 13.7. The second-order valence-electron chi connectivity index (χ2n) is 5.28. The summed E-state index contributed by atoms with van der Waals surface area (Å²) in [6.07, 6.45) is 0. The molecule has 7 nitrogen and oxygen atoms in total. The molecule has 1 aromatic heterocycles. The first-order valence-electron chi connectivity index (χ1n) is 7.33. The smallest absolute Gasteiger partial charge is 0.267 e. The van der Waals surface area contributed by atoms with Crippen LogP contribution in [0.25, 0.3) is 10.2 Å². The highest BCUT2D eigenvalue weighted by molar-refractivity contribution is 7.93. The van der Waals surface area contributed by atoms with Crippen LogP contribution in [0.15, 0.2) is 41.3 Å². The van der Waals surface area contributed by atoms with Crippen molar-refractivity contribution in [3.63, 3.8) is 0 Å². The Morgan fingerprint density at radius 1 is 1.23 bits per heavy atom. The summed E-state index contributed by atoms with van der Waals surface area (Å²) < 4.78 is 33.9. The van der Waals surface area contributed by atoms with E-state index in [1.54, 1.807) is 24.3 Å². The van der Waals surface area contributed by atoms with Crippen LogP contribution < -0.4 is 14.8 Å². The van der Waals surface area contributed by atoms with Gasteiger partial charge in [-0.15, -0.1) is 0 Å². The molecule has 1 amide bonds. The fourth-order valence-corrected chi connectivity index (χ4v) is 4.85. The number of ether oxygens (including phenoxy) is 1. The van der Waals surface area contributed by atoms with Crippen molar-refractivity contribution in [2.75, 3.05) is 17.1 Å². The van der Waals surface area contributed by atoms with Gasteiger partial charge in [-0.2, -0.15) is 0 Å². The molecule has 0 bridgehead atoms. The van der Waals surface area contributed by atoms with Crippen molar-refractivity contribution in [1.82, 2.24) is 4.98 Å². The Morgan fingerprint density at radius 3 is 2.69 bits per heavy atom. The van der Waals surface area contributed by atoms with Gasteiger partial charge in [0.05, 0.1) is 17.3 Å². The number of sulfonamides is 1. The lowest BCUT2D eigenvalue weighted by Crippen LogP contribution is -2.15. The second-order valence-corrected chi connectivity index (χ2v) is 8.40. The van der Waals surface area contributed by atoms with Crippen LogP contribution in [-0.2, 0) is 14.8 Å². The Morgan fingerprint density at radius 2 is 2.00 bits per heavy atom. The number of carbonyl (C=O) groups is 1. The normalized spacial score (nSPS) is 11.3. The van der Waals surface area contributed by atoms with Crippen LogP contribution in [0.5, 0.6) is 5.75 Å². The molecule has 0 saturated heterocycles. The number of halogens is 1. The van der Waals surface area contributed by atoms with E-state index in [-0.39, 0.29) is 21.7 Å². The largest absolute Gasteiger partial charge is 0.495 e. The Hall–Kier alpha value is -2.36. The number of hydrogen-bond acceptors (Lipinski definition) is 6. The van der Waals surface area contributed by atoms with Crippen molar-refractivity contribution in [2.45, 2.75) is 11.8 Å². The van der Waals surface area contributed by atoms with Gasteiger partial charge in [-0.3, -0.25) is 9.52 Å². The van der Waals surface area contributed by atoms with Crippen molar-refractivity contribution in [1.29, 1.82) is 0 Å². The Labute approximate surface area is 159 Å². The van der Waals surface area contributed by atoms with Crippen molar-refractivity contribution in [2.24, 2.45) is 0 Å². The summed E-state index contributed by atoms with van der Waals surface area (Å²) in [4.78, 5) is 15.4. The zero-order chi connectivity index (χ0) is 18.9. The van der Waals surface area contributed by atoms with Gasteiger partial charge in [0.2, 0.25) is 5.91 Å². The van der Waals surface area contributed by atoms with Crippen molar-refractivity contribution in [3.8, 4) is 5.75 Å². The number of nitrogens with one attached hydrogen (secondary N) is 2. The van der Waals surface area contributed by atoms with Gasteiger partial charge >= 0.3 is 0 Å². The fourth-order valence-electron chi connectivity index (χ4n) is 2.28. The summed E-state index contributed by atoms with van der Waals surface area (Å²) in [5.41, 5.74) is 0.978. The zero-order valence-corrected chi connectivity index (χ0v) is 16.1. The molecule has 0 unspecified atom stereocenters. The summed E-state index contributed by atoms with van der Waals surface area (Å²) in [6, 6.07) is 9.46. The van der Waals surface area contributed by atoms with E-state index in [1.165, 1.54) is 26.2 Å². The molecule has 0 aliphatic rings. The molecule has 0 fully saturated rings. The standard InChI is InChI=1S/C16H14ClN3O4S2/c1-9(21)18-11-4-6-13(24-2)15(8-11)26(22,23)20-16-19-12-5-3-10(17)7-14(12)25-16/h3-8H,1-2H3,(H,18,21)(H,19,20). The molecule has 3 rings (SSSR count). The number of anilines is 2. The van der Waals surface area contributed by atoms with E-state index in [9.17, 15) is 13.2 Å². The highest BCUT2D eigenvalue weighted by Crippen LogP contribution is 2.32. The Kier molecular flexibility index (Phi) is 5.03. The predicted molar refractivity (Wildman–Crippen MR) is 103 cm³/mol. The number of methoxy groups -OCH3 is 1. The van der Waals surface area contributed by atoms with E-state index in [2.05, 4.69) is 15.0 Å². The van der Waals surface area contributed by atoms with Crippen LogP contribution >= 0.6 is 22.9 Å². The third kappa shape index (κ3) is 3.90. The maximum atomic E-state index is 12.8. The maximum absolute atomic E-state index is 12.8. The molecule has 0 aliphatic heterocycles. The monoisotopic (exact) mass is 411 g/mol. The van der Waals surface area contributed by atoms with Crippen LogP contribution in [-0.4, -0.2) is 26.4 Å². The van der Waals surface area contributed by atoms with Gasteiger partial charge in [-0.05, 0) is 36.4 Å². The summed E-state index contributed by atoms with van der Waals surface area (Å²) in [5, 5.41) is 3.29. The van der Waals surface area contributed by atoms with E-state index in [0.717, 1.165) is 16.0 Å². The first kappa shape index (κ1) is 18.4. The Bertz CT molecular complexity index is 1100. The molecule has 136 valence electrons. The van der Waals surface area contributed by atoms with Crippen molar-refractivity contribution in [3.05, 3.63) is 41.4 Å². The van der Waals surface area contributed by atoms with Crippen molar-refractivity contribution >= 4 is 59.9 Å². The molecule has 0 atom stereocenters. The number of rotatable bonds is 5. The molecule has 3 aromatic rings. The topological polar surface area (TPSA) is 97.4 Å². The summed E-state index contributed by atoms with van der Waals surface area (Å²) in [6.45, 7) is 1.34. The molecule has 2 aromatic carbocycles. The molecule has 26 heavy (non-hydrogen) atoms. The number of thiazole rings is 1. The third-order valence-electron chi connectivity index (χ3n) is 3.35. The Balaban J connectivity index is 1.99. The number of amides is 1. The molecule has 1 heterocycles. The van der Waals surface area contributed by atoms with Crippen LogP contribution in [0.4, 0.5) is 10.8 Å². The van der Waals surface area contributed by atoms with E-state index in [0.29, 0.717) is 16.2 Å². The van der Waals surface area contributed by atoms with Gasteiger partial charge in [0.15, 0.2) is 5.13 Å². The van der Waals surface area contributed by atoms with E-state index in [1.807, 2.05) is 0 Å². The lowest BCUT2D eigenvalue weighted by atomic mass is 10.3. The lowest BCUT2D eigenvalue weighted by molar-refractivity contribution is -0.114. The molecule has 0 saturated carbocycles. The minimum absolute atomic E-state index is 0.108. The number of fused-ring (bicyclic) bond motifs is 1. The van der Waals surface area contributed by atoms with Crippen LogP contribution in [0, 0.1) is 0 Å². The predicted octanol–water partition coefficient (Wildman–Crippen LogP) is 3.72. The van der Waals surface area contributed by atoms with Crippen LogP contribution in [0.2, 0.25) is 5.02 Å². The number of benzene rings is 2. The summed E-state index contributed by atoms with van der Waals surface area (Å²) in [7, 11) is -2.62. The van der Waals surface area contributed by atoms with Gasteiger partial charge < -0.3 is 10.1 Å². The average molecular weight is 412 g/mol. The van der Waals surface area contributed by atoms with Gasteiger partial charge in [-0.1, -0.05) is 22.9 Å². The number of aromatic nitrogens is 1. The maximum Gasteiger partial charge on any atom is 0.267 e. The highest BCUT2D eigenvalue weighted by Gasteiger charge is 2.22. The SMILES string of the molecule is COc1ccc(NC(C)=O)cc1S(=O)(=O)Nc1nc2ccc(Cl)cc2s1. The number of hydrogen-bond donors (Lipinski definition) is 2. The molecule has 2 N–H and O–H groups in total. The summed E-state index contributed by atoms with van der Waals surface area (Å²) >= 11 is 7.11. The van der Waals surface area contributed by atoms with Gasteiger partial charge in [0, 0.05) is 17.6 Å². The lowest BCUT2D eigenvalue weighted by Gasteiger charge is -2.12. The fraction of sp³-hybridized carbons (Fsp3) is 0.125. The van der Waals surface area contributed by atoms with Crippen molar-refractivity contribution < 1.29 is 17.9 Å². The quantitative estimate of drug-likeness (QED) is 0.666. The molecular formula is C16H14ClN3O4S2. The molecular weight excluding hydrogens is 398 g/mol. The molecule has 0 spiro atoms. The van der Waals surface area contributed by atoms with Crippen LogP contribution in [0.3, 0.4) is 0 Å². The minimum atomic E-state index is -3.98. The van der Waals surface area contributed by atoms with Crippen LogP contribution in [0.1, 0.15) is 6.92 Å².